The van der Waals surface area contributed by atoms with Crippen molar-refractivity contribution < 1.29 is 58.7 Å². The number of phenolic OH excluding ortho intramolecular Hbond substituents is 1. The van der Waals surface area contributed by atoms with Gasteiger partial charge in [-0.25, -0.2) is 0 Å². The van der Waals surface area contributed by atoms with Crippen molar-refractivity contribution in [2.45, 2.75) is 11.4 Å². The Morgan fingerprint density at radius 3 is 2.38 bits per heavy atom. The van der Waals surface area contributed by atoms with E-state index in [0.717, 1.165) is 17.0 Å². The van der Waals surface area contributed by atoms with Crippen molar-refractivity contribution in [1.82, 2.24) is 0 Å². The standard InChI is InChI=1S/C15H11NO6S.Na.H/c17-13-4-2-1-3-9(13)8-16-12-6-5-10(23(20,21)22)7-11(12)14(18)15(16)19;;/h1-7,17H,8H2,(H,20,21,22);;/q;+1;-1. The predicted molar refractivity (Wildman–Crippen MR) is 81.0 cm³/mol. The van der Waals surface area contributed by atoms with Crippen molar-refractivity contribution in [3.8, 4) is 5.75 Å². The van der Waals surface area contributed by atoms with Gasteiger partial charge >= 0.3 is 29.6 Å². The van der Waals surface area contributed by atoms with Gasteiger partial charge in [0.25, 0.3) is 21.8 Å². The molecular formula is C15H12NNaO6S. The van der Waals surface area contributed by atoms with Crippen molar-refractivity contribution in [1.29, 1.82) is 0 Å². The quantitative estimate of drug-likeness (QED) is 0.392. The van der Waals surface area contributed by atoms with Crippen LogP contribution in [0.3, 0.4) is 0 Å². The molecule has 2 aromatic rings. The van der Waals surface area contributed by atoms with E-state index in [4.69, 9.17) is 4.55 Å². The zero-order valence-corrected chi connectivity index (χ0v) is 15.4. The van der Waals surface area contributed by atoms with Crippen molar-refractivity contribution >= 4 is 27.5 Å². The molecule has 0 fully saturated rings. The third-order valence-electron chi connectivity index (χ3n) is 3.56. The van der Waals surface area contributed by atoms with Gasteiger partial charge < -0.3 is 11.4 Å². The number of ketones is 1. The SMILES string of the molecule is O=C1C(=O)N(Cc2ccccc2O)c2ccc(S(=O)(=O)O)cc21.[H-].[Na+]. The fourth-order valence-electron chi connectivity index (χ4n) is 2.41. The minimum absolute atomic E-state index is 0. The number of nitrogens with zero attached hydrogens (tertiary/aromatic N) is 1. The Morgan fingerprint density at radius 1 is 1.08 bits per heavy atom. The number of carbonyl (C=O) groups excluding carboxylic acids is 2. The van der Waals surface area contributed by atoms with Crippen LogP contribution >= 0.6 is 0 Å². The summed E-state index contributed by atoms with van der Waals surface area (Å²) in [5, 5.41) is 9.79. The van der Waals surface area contributed by atoms with Gasteiger partial charge in [0.2, 0.25) is 0 Å². The third-order valence-corrected chi connectivity index (χ3v) is 4.41. The van der Waals surface area contributed by atoms with Crippen LogP contribution in [0.25, 0.3) is 0 Å². The van der Waals surface area contributed by atoms with Crippen LogP contribution < -0.4 is 34.5 Å². The van der Waals surface area contributed by atoms with E-state index < -0.39 is 26.7 Å². The van der Waals surface area contributed by atoms with E-state index in [1.165, 1.54) is 12.1 Å². The first kappa shape index (κ1) is 18.6. The Labute approximate surface area is 161 Å². The number of rotatable bonds is 3. The predicted octanol–water partition coefficient (Wildman–Crippen LogP) is -1.52. The molecule has 0 saturated heterocycles. The average molecular weight is 357 g/mol. The number of fused-ring (bicyclic) bond motifs is 1. The molecule has 0 spiro atoms. The van der Waals surface area contributed by atoms with E-state index >= 15 is 0 Å². The van der Waals surface area contributed by atoms with Gasteiger partial charge in [-0.3, -0.25) is 14.1 Å². The maximum atomic E-state index is 12.1. The van der Waals surface area contributed by atoms with Gasteiger partial charge in [0, 0.05) is 5.56 Å². The van der Waals surface area contributed by atoms with Crippen molar-refractivity contribution in [3.63, 3.8) is 0 Å². The third kappa shape index (κ3) is 3.24. The largest absolute Gasteiger partial charge is 1.00 e. The minimum atomic E-state index is -4.47. The number of aromatic hydroxyl groups is 1. The van der Waals surface area contributed by atoms with Gasteiger partial charge in [0.1, 0.15) is 5.75 Å². The summed E-state index contributed by atoms with van der Waals surface area (Å²) in [5.41, 5.74) is 0.580. The van der Waals surface area contributed by atoms with Crippen molar-refractivity contribution in [2.24, 2.45) is 0 Å². The maximum absolute atomic E-state index is 12.1. The van der Waals surface area contributed by atoms with Crippen LogP contribution in [0.5, 0.6) is 5.75 Å². The monoisotopic (exact) mass is 357 g/mol. The first-order chi connectivity index (χ1) is 10.8. The number of phenols is 1. The number of hydrogen-bond donors (Lipinski definition) is 2. The summed E-state index contributed by atoms with van der Waals surface area (Å²) in [4.78, 5) is 24.8. The number of para-hydroxylation sites is 1. The number of Topliss-reactive ketones (excluding diaryl/α,β-unsaturated/α-hetero) is 1. The molecule has 1 amide bonds. The molecule has 0 unspecified atom stereocenters. The molecule has 3 rings (SSSR count). The smallest absolute Gasteiger partial charge is 1.00 e. The van der Waals surface area contributed by atoms with E-state index in [2.05, 4.69) is 0 Å². The van der Waals surface area contributed by atoms with E-state index in [9.17, 15) is 23.1 Å². The molecule has 2 N–H and O–H groups in total. The van der Waals surface area contributed by atoms with E-state index in [-0.39, 0.29) is 54.5 Å². The van der Waals surface area contributed by atoms with Gasteiger partial charge in [0.05, 0.1) is 22.7 Å². The zero-order valence-electron chi connectivity index (χ0n) is 13.6. The first-order valence-corrected chi connectivity index (χ1v) is 7.97. The molecule has 9 heteroatoms. The second-order valence-electron chi connectivity index (χ2n) is 5.00. The molecular weight excluding hydrogens is 345 g/mol. The van der Waals surface area contributed by atoms with Crippen LogP contribution in [0.1, 0.15) is 17.3 Å². The van der Waals surface area contributed by atoms with Gasteiger partial charge in [-0.2, -0.15) is 8.42 Å². The van der Waals surface area contributed by atoms with Gasteiger partial charge in [-0.15, -0.1) is 0 Å². The van der Waals surface area contributed by atoms with Crippen LogP contribution in [0.15, 0.2) is 47.4 Å². The molecule has 0 aromatic heterocycles. The maximum Gasteiger partial charge on any atom is 1.00 e. The van der Waals surface area contributed by atoms with Gasteiger partial charge in [0.15, 0.2) is 0 Å². The average Bonchev–Trinajstić information content (AvgIpc) is 2.73. The molecule has 24 heavy (non-hydrogen) atoms. The zero-order chi connectivity index (χ0) is 16.8. The summed E-state index contributed by atoms with van der Waals surface area (Å²) in [7, 11) is -4.47. The van der Waals surface area contributed by atoms with E-state index in [1.54, 1.807) is 18.2 Å². The number of anilines is 1. The molecule has 0 atom stereocenters. The van der Waals surface area contributed by atoms with E-state index in [1.807, 2.05) is 0 Å². The normalized spacial score (nSPS) is 13.6. The molecule has 120 valence electrons. The van der Waals surface area contributed by atoms with Crippen molar-refractivity contribution in [3.05, 3.63) is 53.6 Å². The van der Waals surface area contributed by atoms with Crippen molar-refractivity contribution in [2.75, 3.05) is 4.90 Å². The van der Waals surface area contributed by atoms with Crippen LogP contribution in [-0.2, 0) is 21.5 Å². The van der Waals surface area contributed by atoms with Crippen LogP contribution in [-0.4, -0.2) is 29.8 Å². The summed E-state index contributed by atoms with van der Waals surface area (Å²) in [6, 6.07) is 9.73. The van der Waals surface area contributed by atoms with Gasteiger partial charge in [-0.1, -0.05) is 18.2 Å². The van der Waals surface area contributed by atoms with Gasteiger partial charge in [-0.05, 0) is 24.3 Å². The molecule has 1 heterocycles. The molecule has 0 radical (unpaired) electrons. The number of benzene rings is 2. The molecule has 0 saturated carbocycles. The second kappa shape index (κ2) is 6.66. The fraction of sp³-hybridized carbons (Fsp3) is 0.0667. The summed E-state index contributed by atoms with van der Waals surface area (Å²) in [6.07, 6.45) is 0. The molecule has 0 bridgehead atoms. The summed E-state index contributed by atoms with van der Waals surface area (Å²) in [6.45, 7) is -0.0323. The van der Waals surface area contributed by atoms with E-state index in [0.29, 0.717) is 5.56 Å². The number of amides is 1. The Balaban J connectivity index is 0.00000156. The van der Waals surface area contributed by atoms with Crippen LogP contribution in [0.2, 0.25) is 0 Å². The Morgan fingerprint density at radius 2 is 1.75 bits per heavy atom. The number of carbonyl (C=O) groups is 2. The van der Waals surface area contributed by atoms with Crippen LogP contribution in [0, 0.1) is 0 Å². The molecule has 1 aliphatic heterocycles. The molecule has 1 aliphatic rings. The number of hydrogen-bond acceptors (Lipinski definition) is 5. The molecule has 0 aliphatic carbocycles. The fourth-order valence-corrected chi connectivity index (χ4v) is 2.92. The second-order valence-corrected chi connectivity index (χ2v) is 6.42. The topological polar surface area (TPSA) is 112 Å². The first-order valence-electron chi connectivity index (χ1n) is 6.53. The molecule has 2 aromatic carbocycles. The minimum Gasteiger partial charge on any atom is -1.00 e. The van der Waals surface area contributed by atoms with Crippen LogP contribution in [0.4, 0.5) is 5.69 Å². The Bertz CT molecular complexity index is 947. The molecule has 7 nitrogen and oxygen atoms in total. The summed E-state index contributed by atoms with van der Waals surface area (Å²) in [5.74, 6) is -1.70. The Hall–Kier alpha value is -1.71. The summed E-state index contributed by atoms with van der Waals surface area (Å²) >= 11 is 0. The summed E-state index contributed by atoms with van der Waals surface area (Å²) < 4.78 is 31.3. The Kier molecular flexibility index (Phi) is 5.17.